The molecule has 0 fully saturated rings. The Morgan fingerprint density at radius 3 is 1.48 bits per heavy atom. The second-order valence-electron chi connectivity index (χ2n) is 6.59. The quantitative estimate of drug-likeness (QED) is 0.272. The Morgan fingerprint density at radius 1 is 0.774 bits per heavy atom. The number of nitrogens with zero attached hydrogens (tertiary/aromatic N) is 3. The zero-order valence-corrected chi connectivity index (χ0v) is 17.5. The molecule has 0 saturated heterocycles. The molecular weight excluding hydrogens is 446 g/mol. The first-order valence-electron chi connectivity index (χ1n) is 8.91. The number of nitro benzene ring substituents is 2. The molecule has 0 aliphatic carbocycles. The molecule has 0 N–H and O–H groups in total. The van der Waals surface area contributed by atoms with E-state index in [9.17, 15) is 28.6 Å². The summed E-state index contributed by atoms with van der Waals surface area (Å²) in [4.78, 5) is 22.7. The minimum Gasteiger partial charge on any atom is -0.352 e. The van der Waals surface area contributed by atoms with E-state index in [1.807, 2.05) is 0 Å². The lowest BCUT2D eigenvalue weighted by Gasteiger charge is -2.25. The Hall–Kier alpha value is -3.50. The van der Waals surface area contributed by atoms with Crippen molar-refractivity contribution in [2.75, 3.05) is 4.90 Å². The normalized spacial score (nSPS) is 11.1. The highest BCUT2D eigenvalue weighted by molar-refractivity contribution is 8.13. The van der Waals surface area contributed by atoms with Crippen LogP contribution in [-0.4, -0.2) is 18.3 Å². The molecule has 31 heavy (non-hydrogen) atoms. The van der Waals surface area contributed by atoms with Crippen LogP contribution >= 0.6 is 10.7 Å². The van der Waals surface area contributed by atoms with E-state index in [2.05, 4.69) is 0 Å². The number of rotatable bonds is 8. The van der Waals surface area contributed by atoms with Crippen molar-refractivity contribution >= 4 is 36.8 Å². The van der Waals surface area contributed by atoms with Crippen LogP contribution in [0.1, 0.15) is 11.1 Å². The molecule has 11 heteroatoms. The maximum absolute atomic E-state index is 11.8. The van der Waals surface area contributed by atoms with Gasteiger partial charge in [-0.2, -0.15) is 0 Å². The average Bonchev–Trinajstić information content (AvgIpc) is 2.73. The van der Waals surface area contributed by atoms with E-state index in [-0.39, 0.29) is 18.8 Å². The van der Waals surface area contributed by atoms with Crippen LogP contribution in [0.25, 0.3) is 0 Å². The standard InChI is InChI=1S/C20H16ClN3O6S/c21-31(29,30)17-11-18(23(25)26)20(19(12-17)24(27)28)22(13-15-7-3-1-4-8-15)14-16-9-5-2-6-10-16/h1-12H,13-14H2. The highest BCUT2D eigenvalue weighted by Crippen LogP contribution is 2.41. The number of hydrogen-bond acceptors (Lipinski definition) is 7. The molecule has 0 amide bonds. The first kappa shape index (κ1) is 22.2. The van der Waals surface area contributed by atoms with Gasteiger partial charge in [-0.3, -0.25) is 20.2 Å². The fourth-order valence-corrected chi connectivity index (χ4v) is 3.92. The summed E-state index contributed by atoms with van der Waals surface area (Å²) in [5.74, 6) is 0. The van der Waals surface area contributed by atoms with E-state index in [0.29, 0.717) is 0 Å². The summed E-state index contributed by atoms with van der Waals surface area (Å²) in [5.41, 5.74) is -0.223. The van der Waals surface area contributed by atoms with Gasteiger partial charge in [-0.25, -0.2) is 8.42 Å². The third-order valence-electron chi connectivity index (χ3n) is 4.47. The lowest BCUT2D eigenvalue weighted by Crippen LogP contribution is -2.24. The van der Waals surface area contributed by atoms with Crippen LogP contribution in [0.5, 0.6) is 0 Å². The molecule has 0 spiro atoms. The van der Waals surface area contributed by atoms with E-state index in [1.54, 1.807) is 60.7 Å². The van der Waals surface area contributed by atoms with Gasteiger partial charge >= 0.3 is 11.4 Å². The number of nitro groups is 2. The van der Waals surface area contributed by atoms with Gasteiger partial charge in [0.15, 0.2) is 5.69 Å². The Balaban J connectivity index is 2.25. The van der Waals surface area contributed by atoms with Gasteiger partial charge in [0, 0.05) is 35.9 Å². The Bertz CT molecular complexity index is 1140. The monoisotopic (exact) mass is 461 g/mol. The van der Waals surface area contributed by atoms with Crippen LogP contribution in [0.15, 0.2) is 77.7 Å². The van der Waals surface area contributed by atoms with E-state index in [1.165, 1.54) is 4.90 Å². The molecule has 3 aromatic carbocycles. The summed E-state index contributed by atoms with van der Waals surface area (Å²) >= 11 is 0. The maximum atomic E-state index is 11.8. The van der Waals surface area contributed by atoms with E-state index in [4.69, 9.17) is 10.7 Å². The number of hydrogen-bond donors (Lipinski definition) is 0. The number of benzene rings is 3. The molecular formula is C20H16ClN3O6S. The molecule has 160 valence electrons. The van der Waals surface area contributed by atoms with Crippen molar-refractivity contribution < 1.29 is 18.3 Å². The van der Waals surface area contributed by atoms with Gasteiger partial charge < -0.3 is 4.90 Å². The van der Waals surface area contributed by atoms with E-state index in [0.717, 1.165) is 23.3 Å². The minimum absolute atomic E-state index is 0.115. The van der Waals surface area contributed by atoms with Crippen molar-refractivity contribution in [3.63, 3.8) is 0 Å². The summed E-state index contributed by atoms with van der Waals surface area (Å²) in [6.45, 7) is 0.231. The Labute approximate surface area is 182 Å². The first-order valence-corrected chi connectivity index (χ1v) is 11.2. The predicted molar refractivity (Wildman–Crippen MR) is 116 cm³/mol. The highest BCUT2D eigenvalue weighted by Gasteiger charge is 2.33. The highest BCUT2D eigenvalue weighted by atomic mass is 35.7. The SMILES string of the molecule is O=[N+]([O-])c1cc(S(=O)(=O)Cl)cc([N+](=O)[O-])c1N(Cc1ccccc1)Cc1ccccc1. The fraction of sp³-hybridized carbons (Fsp3) is 0.100. The molecule has 0 radical (unpaired) electrons. The lowest BCUT2D eigenvalue weighted by molar-refractivity contribution is -0.393. The summed E-state index contributed by atoms with van der Waals surface area (Å²) in [7, 11) is 0.886. The van der Waals surface area contributed by atoms with Crippen molar-refractivity contribution in [2.45, 2.75) is 18.0 Å². The zero-order valence-electron chi connectivity index (χ0n) is 15.9. The zero-order chi connectivity index (χ0) is 22.6. The Kier molecular flexibility index (Phi) is 6.52. The third-order valence-corrected chi connectivity index (χ3v) is 5.80. The Morgan fingerprint density at radius 2 is 1.16 bits per heavy atom. The molecule has 0 atom stereocenters. The van der Waals surface area contributed by atoms with Crippen molar-refractivity contribution in [1.82, 2.24) is 0 Å². The molecule has 0 aromatic heterocycles. The molecule has 3 rings (SSSR count). The van der Waals surface area contributed by atoms with Gasteiger partial charge in [0.25, 0.3) is 9.05 Å². The van der Waals surface area contributed by atoms with Crippen LogP contribution in [0.4, 0.5) is 17.1 Å². The van der Waals surface area contributed by atoms with Gasteiger partial charge in [0.1, 0.15) is 0 Å². The molecule has 9 nitrogen and oxygen atoms in total. The molecule has 0 heterocycles. The van der Waals surface area contributed by atoms with Gasteiger partial charge in [0.05, 0.1) is 14.7 Å². The maximum Gasteiger partial charge on any atom is 0.301 e. The third kappa shape index (κ3) is 5.36. The van der Waals surface area contributed by atoms with Crippen LogP contribution in [0.3, 0.4) is 0 Å². The minimum atomic E-state index is -4.43. The smallest absolute Gasteiger partial charge is 0.301 e. The van der Waals surface area contributed by atoms with Gasteiger partial charge in [-0.15, -0.1) is 0 Å². The van der Waals surface area contributed by atoms with Crippen molar-refractivity contribution in [3.05, 3.63) is 104 Å². The van der Waals surface area contributed by atoms with Gasteiger partial charge in [-0.1, -0.05) is 60.7 Å². The molecule has 0 bridgehead atoms. The summed E-state index contributed by atoms with van der Waals surface area (Å²) < 4.78 is 23.5. The van der Waals surface area contributed by atoms with Crippen molar-refractivity contribution in [1.29, 1.82) is 0 Å². The molecule has 0 saturated carbocycles. The topological polar surface area (TPSA) is 124 Å². The first-order chi connectivity index (χ1) is 14.7. The van der Waals surface area contributed by atoms with Gasteiger partial charge in [0.2, 0.25) is 0 Å². The molecule has 0 aliphatic rings. The van der Waals surface area contributed by atoms with E-state index < -0.39 is 35.2 Å². The van der Waals surface area contributed by atoms with Crippen molar-refractivity contribution in [3.8, 4) is 0 Å². The second-order valence-corrected chi connectivity index (χ2v) is 9.16. The predicted octanol–water partition coefficient (Wildman–Crippen LogP) is 4.64. The van der Waals surface area contributed by atoms with E-state index >= 15 is 0 Å². The summed E-state index contributed by atoms with van der Waals surface area (Å²) in [6, 6.07) is 19.3. The number of anilines is 1. The lowest BCUT2D eigenvalue weighted by atomic mass is 10.1. The number of halogens is 1. The largest absolute Gasteiger partial charge is 0.352 e. The molecule has 0 unspecified atom stereocenters. The summed E-state index contributed by atoms with van der Waals surface area (Å²) in [6.07, 6.45) is 0. The van der Waals surface area contributed by atoms with Crippen LogP contribution in [-0.2, 0) is 22.1 Å². The molecule has 3 aromatic rings. The summed E-state index contributed by atoms with van der Waals surface area (Å²) in [5, 5.41) is 23.6. The fourth-order valence-electron chi connectivity index (χ4n) is 3.14. The van der Waals surface area contributed by atoms with Crippen molar-refractivity contribution in [2.24, 2.45) is 0 Å². The van der Waals surface area contributed by atoms with Crippen LogP contribution in [0, 0.1) is 20.2 Å². The average molecular weight is 462 g/mol. The second kappa shape index (κ2) is 9.11. The van der Waals surface area contributed by atoms with Crippen LogP contribution in [0.2, 0.25) is 0 Å². The van der Waals surface area contributed by atoms with Crippen LogP contribution < -0.4 is 4.90 Å². The van der Waals surface area contributed by atoms with Gasteiger partial charge in [-0.05, 0) is 11.1 Å². The molecule has 0 aliphatic heterocycles.